The van der Waals surface area contributed by atoms with Gasteiger partial charge in [-0.25, -0.2) is 32.9 Å². The van der Waals surface area contributed by atoms with Gasteiger partial charge in [-0.3, -0.25) is 5.84 Å². The van der Waals surface area contributed by atoms with Crippen LogP contribution >= 0.6 is 0 Å². The number of amides is 2. The Morgan fingerprint density at radius 3 is 2.49 bits per heavy atom. The van der Waals surface area contributed by atoms with Crippen molar-refractivity contribution in [1.29, 1.82) is 0 Å². The summed E-state index contributed by atoms with van der Waals surface area (Å²) in [6.45, 7) is 3.56. The van der Waals surface area contributed by atoms with Crippen molar-refractivity contribution in [2.45, 2.75) is 18.6 Å². The molecule has 16 heteroatoms. The maximum Gasteiger partial charge on any atom is 0.432 e. The van der Waals surface area contributed by atoms with Crippen molar-refractivity contribution >= 4 is 23.9 Å². The van der Waals surface area contributed by atoms with Gasteiger partial charge in [0, 0.05) is 44.9 Å². The predicted octanol–water partition coefficient (Wildman–Crippen LogP) is 2.46. The zero-order valence-corrected chi connectivity index (χ0v) is 19.2. The third-order valence-electron chi connectivity index (χ3n) is 5.36. The normalized spacial score (nSPS) is 19.5. The van der Waals surface area contributed by atoms with Gasteiger partial charge in [-0.05, 0) is 6.08 Å². The van der Waals surface area contributed by atoms with Crippen molar-refractivity contribution in [3.8, 4) is 0 Å². The molecule has 37 heavy (non-hydrogen) atoms. The number of hydrazine groups is 1. The molecule has 0 bridgehead atoms. The second-order valence-corrected chi connectivity index (χ2v) is 7.83. The van der Waals surface area contributed by atoms with Gasteiger partial charge in [-0.15, -0.1) is 0 Å². The molecule has 1 aromatic heterocycles. The summed E-state index contributed by atoms with van der Waals surface area (Å²) in [6.07, 6.45) is 0.488. The number of nitrogens with one attached hydrogen (secondary N) is 1. The fourth-order valence-electron chi connectivity index (χ4n) is 3.52. The summed E-state index contributed by atoms with van der Waals surface area (Å²) in [4.78, 5) is 23.6. The molecule has 1 aromatic rings. The van der Waals surface area contributed by atoms with Crippen LogP contribution in [0.2, 0.25) is 0 Å². The maximum absolute atomic E-state index is 14.3. The highest BCUT2D eigenvalue weighted by atomic mass is 19.4. The number of hydrogen-bond acceptors (Lipinski definition) is 8. The monoisotopic (exact) mass is 531 g/mol. The van der Waals surface area contributed by atoms with Crippen LogP contribution in [0.1, 0.15) is 12.1 Å². The predicted molar refractivity (Wildman–Crippen MR) is 123 cm³/mol. The summed E-state index contributed by atoms with van der Waals surface area (Å²) in [5.74, 6) is 2.04. The van der Waals surface area contributed by atoms with E-state index in [2.05, 4.69) is 21.6 Å². The molecule has 3 heterocycles. The van der Waals surface area contributed by atoms with E-state index in [1.54, 1.807) is 10.3 Å². The molecule has 10 nitrogen and oxygen atoms in total. The van der Waals surface area contributed by atoms with Gasteiger partial charge in [-0.1, -0.05) is 12.7 Å². The van der Waals surface area contributed by atoms with E-state index in [1.165, 1.54) is 17.2 Å². The molecule has 5 N–H and O–H groups in total. The van der Waals surface area contributed by atoms with Gasteiger partial charge in [0.1, 0.15) is 28.7 Å². The lowest BCUT2D eigenvalue weighted by molar-refractivity contribution is -0.0923. The van der Waals surface area contributed by atoms with E-state index in [9.17, 15) is 31.1 Å². The van der Waals surface area contributed by atoms with Crippen molar-refractivity contribution in [2.24, 2.45) is 16.7 Å². The SMILES string of the molecule is C=C(F)C=C(F)C=CC1CC=NN1C(=O)N1CCN(c2ncc(F)c(C(NN)=C(N)C(F)(F)F)n2)CC1. The van der Waals surface area contributed by atoms with Crippen molar-refractivity contribution in [3.63, 3.8) is 0 Å². The first-order valence-electron chi connectivity index (χ1n) is 10.7. The van der Waals surface area contributed by atoms with Gasteiger partial charge < -0.3 is 21.0 Å². The Hall–Kier alpha value is -4.08. The van der Waals surface area contributed by atoms with Gasteiger partial charge in [0.2, 0.25) is 5.95 Å². The second kappa shape index (κ2) is 11.3. The maximum atomic E-state index is 14.3. The van der Waals surface area contributed by atoms with Gasteiger partial charge in [0.05, 0.1) is 12.2 Å². The van der Waals surface area contributed by atoms with Gasteiger partial charge >= 0.3 is 12.2 Å². The minimum absolute atomic E-state index is 0.0945. The number of aromatic nitrogens is 2. The summed E-state index contributed by atoms with van der Waals surface area (Å²) in [7, 11) is 0. The number of halogens is 6. The highest BCUT2D eigenvalue weighted by Crippen LogP contribution is 2.28. The number of rotatable bonds is 6. The lowest BCUT2D eigenvalue weighted by atomic mass is 10.2. The Morgan fingerprint density at radius 2 is 1.89 bits per heavy atom. The molecule has 0 spiro atoms. The number of nitrogens with two attached hydrogens (primary N) is 2. The van der Waals surface area contributed by atoms with E-state index in [4.69, 9.17) is 11.6 Å². The van der Waals surface area contributed by atoms with Crippen molar-refractivity contribution in [1.82, 2.24) is 25.3 Å². The van der Waals surface area contributed by atoms with Crippen LogP contribution < -0.4 is 21.9 Å². The summed E-state index contributed by atoms with van der Waals surface area (Å²) in [6, 6.07) is -1.06. The fraction of sp³-hybridized carbons (Fsp3) is 0.333. The molecule has 200 valence electrons. The molecule has 0 aromatic carbocycles. The number of hydrazone groups is 1. The van der Waals surface area contributed by atoms with E-state index in [1.807, 2.05) is 0 Å². The number of piperazine rings is 1. The van der Waals surface area contributed by atoms with Crippen LogP contribution in [0.5, 0.6) is 0 Å². The number of urea groups is 1. The van der Waals surface area contributed by atoms with E-state index >= 15 is 0 Å². The Bertz CT molecular complexity index is 1160. The summed E-state index contributed by atoms with van der Waals surface area (Å²) < 4.78 is 79.6. The lowest BCUT2D eigenvalue weighted by Gasteiger charge is -2.36. The second-order valence-electron chi connectivity index (χ2n) is 7.83. The molecular weight excluding hydrogens is 508 g/mol. The van der Waals surface area contributed by atoms with Crippen LogP contribution in [-0.2, 0) is 0 Å². The summed E-state index contributed by atoms with van der Waals surface area (Å²) in [5, 5.41) is 5.17. The molecule has 0 saturated carbocycles. The summed E-state index contributed by atoms with van der Waals surface area (Å²) in [5.41, 5.74) is 3.45. The standard InChI is InChI=1S/C21H23F6N9O/c1-12(22)10-13(23)2-3-14-4-5-31-36(14)20(37)35-8-6-34(7-9-35)19-30-11-15(24)16(32-19)17(33-29)18(28)21(25,26)27/h2-3,5,10-11,14,33H,1,4,6-9,28-29H2. The molecule has 3 rings (SSSR count). The van der Waals surface area contributed by atoms with Crippen LogP contribution in [0.15, 0.2) is 53.5 Å². The largest absolute Gasteiger partial charge is 0.432 e. The minimum atomic E-state index is -4.99. The molecule has 1 fully saturated rings. The molecule has 2 aliphatic heterocycles. The van der Waals surface area contributed by atoms with Crippen LogP contribution in [0, 0.1) is 5.82 Å². The molecule has 0 radical (unpaired) electrons. The van der Waals surface area contributed by atoms with Crippen molar-refractivity contribution < 1.29 is 31.1 Å². The molecule has 0 aliphatic carbocycles. The summed E-state index contributed by atoms with van der Waals surface area (Å²) >= 11 is 0. The first kappa shape index (κ1) is 27.5. The zero-order valence-electron chi connectivity index (χ0n) is 19.2. The van der Waals surface area contributed by atoms with Crippen LogP contribution in [-0.4, -0.2) is 70.5 Å². The van der Waals surface area contributed by atoms with E-state index in [0.29, 0.717) is 18.7 Å². The quantitative estimate of drug-likeness (QED) is 0.223. The molecule has 2 aliphatic rings. The Kier molecular flexibility index (Phi) is 8.42. The van der Waals surface area contributed by atoms with Gasteiger partial charge in [0.25, 0.3) is 0 Å². The Labute approximate surface area is 207 Å². The number of allylic oxidation sites excluding steroid dienone is 5. The Balaban J connectivity index is 1.70. The van der Waals surface area contributed by atoms with Crippen molar-refractivity contribution in [2.75, 3.05) is 31.1 Å². The molecule has 1 unspecified atom stereocenters. The lowest BCUT2D eigenvalue weighted by Crippen LogP contribution is -2.53. The number of nitrogens with zero attached hydrogens (tertiary/aromatic N) is 6. The molecular formula is C21H23F6N9O. The minimum Gasteiger partial charge on any atom is -0.393 e. The third kappa shape index (κ3) is 6.58. The number of carbonyl (C=O) groups excluding carboxylic acids is 1. The first-order chi connectivity index (χ1) is 17.4. The number of carbonyl (C=O) groups is 1. The van der Waals surface area contributed by atoms with Crippen LogP contribution in [0.3, 0.4) is 0 Å². The highest BCUT2D eigenvalue weighted by Gasteiger charge is 2.36. The third-order valence-corrected chi connectivity index (χ3v) is 5.36. The molecule has 1 atom stereocenters. The zero-order chi connectivity index (χ0) is 27.3. The number of hydrogen-bond donors (Lipinski definition) is 3. The average Bonchev–Trinajstić information content (AvgIpc) is 3.31. The van der Waals surface area contributed by atoms with E-state index < -0.39 is 52.8 Å². The van der Waals surface area contributed by atoms with E-state index in [-0.39, 0.29) is 32.1 Å². The molecule has 2 amide bonds. The number of alkyl halides is 3. The van der Waals surface area contributed by atoms with Crippen LogP contribution in [0.25, 0.3) is 5.70 Å². The van der Waals surface area contributed by atoms with Crippen molar-refractivity contribution in [3.05, 3.63) is 59.9 Å². The topological polar surface area (TPSA) is 129 Å². The molecule has 1 saturated heterocycles. The van der Waals surface area contributed by atoms with Crippen LogP contribution in [0.4, 0.5) is 37.1 Å². The van der Waals surface area contributed by atoms with E-state index in [0.717, 1.165) is 11.1 Å². The first-order valence-corrected chi connectivity index (χ1v) is 10.7. The average molecular weight is 531 g/mol. The Morgan fingerprint density at radius 1 is 1.22 bits per heavy atom. The highest BCUT2D eigenvalue weighted by molar-refractivity contribution is 5.79. The number of anilines is 1. The fourth-order valence-corrected chi connectivity index (χ4v) is 3.52. The van der Waals surface area contributed by atoms with Gasteiger partial charge in [0.15, 0.2) is 5.82 Å². The van der Waals surface area contributed by atoms with Gasteiger partial charge in [-0.2, -0.15) is 18.3 Å². The smallest absolute Gasteiger partial charge is 0.393 e.